The summed E-state index contributed by atoms with van der Waals surface area (Å²) in [6, 6.07) is 11.7. The summed E-state index contributed by atoms with van der Waals surface area (Å²) < 4.78 is 1.89. The van der Waals surface area contributed by atoms with E-state index in [1.54, 1.807) is 6.20 Å². The first kappa shape index (κ1) is 14.8. The van der Waals surface area contributed by atoms with E-state index in [0.717, 1.165) is 55.0 Å². The highest BCUT2D eigenvalue weighted by Crippen LogP contribution is 2.31. The highest BCUT2D eigenvalue weighted by atomic mass is 16.1. The minimum absolute atomic E-state index is 0.0837. The molecule has 25 heavy (non-hydrogen) atoms. The predicted octanol–water partition coefficient (Wildman–Crippen LogP) is 2.53. The summed E-state index contributed by atoms with van der Waals surface area (Å²) in [5.74, 6) is 0.912. The van der Waals surface area contributed by atoms with Gasteiger partial charge in [0.15, 0.2) is 0 Å². The Morgan fingerprint density at radius 1 is 1.16 bits per heavy atom. The van der Waals surface area contributed by atoms with Gasteiger partial charge in [0.05, 0.1) is 16.6 Å². The van der Waals surface area contributed by atoms with Crippen molar-refractivity contribution in [1.82, 2.24) is 19.9 Å². The molecule has 0 bridgehead atoms. The highest BCUT2D eigenvalue weighted by Gasteiger charge is 2.37. The van der Waals surface area contributed by atoms with E-state index in [0.29, 0.717) is 5.39 Å². The van der Waals surface area contributed by atoms with E-state index < -0.39 is 0 Å². The quantitative estimate of drug-likeness (QED) is 0.744. The summed E-state index contributed by atoms with van der Waals surface area (Å²) in [6.45, 7) is 1.80. The second-order valence-corrected chi connectivity index (χ2v) is 7.18. The molecular formula is C20H20N4O. The summed E-state index contributed by atoms with van der Waals surface area (Å²) in [6.07, 6.45) is 6.04. The van der Waals surface area contributed by atoms with Crippen molar-refractivity contribution in [2.45, 2.75) is 37.8 Å². The minimum atomic E-state index is 0.0837. The third-order valence-electron chi connectivity index (χ3n) is 5.62. The fourth-order valence-corrected chi connectivity index (χ4v) is 4.26. The molecule has 2 aliphatic rings. The van der Waals surface area contributed by atoms with Crippen LogP contribution in [0, 0.1) is 0 Å². The Kier molecular flexibility index (Phi) is 3.25. The molecule has 2 aromatic heterocycles. The zero-order valence-electron chi connectivity index (χ0n) is 14.0. The Labute approximate surface area is 145 Å². The monoisotopic (exact) mass is 332 g/mol. The molecule has 4 heterocycles. The number of hydrogen-bond donors (Lipinski definition) is 1. The van der Waals surface area contributed by atoms with Crippen molar-refractivity contribution in [2.75, 3.05) is 6.54 Å². The van der Waals surface area contributed by atoms with Gasteiger partial charge in [-0.2, -0.15) is 0 Å². The molecule has 0 aliphatic carbocycles. The van der Waals surface area contributed by atoms with E-state index in [1.807, 2.05) is 41.0 Å². The van der Waals surface area contributed by atoms with Crippen LogP contribution in [0.25, 0.3) is 22.2 Å². The molecule has 1 N–H and O–H groups in total. The number of aryl methyl sites for hydroxylation is 1. The Hall–Kier alpha value is -2.53. The first-order valence-corrected chi connectivity index (χ1v) is 8.94. The molecule has 0 amide bonds. The van der Waals surface area contributed by atoms with Gasteiger partial charge in [0.1, 0.15) is 5.82 Å². The van der Waals surface area contributed by atoms with E-state index in [4.69, 9.17) is 4.98 Å². The molecule has 1 aromatic carbocycles. The van der Waals surface area contributed by atoms with Crippen LogP contribution >= 0.6 is 0 Å². The summed E-state index contributed by atoms with van der Waals surface area (Å²) in [5, 5.41) is 4.32. The van der Waals surface area contributed by atoms with Gasteiger partial charge in [0.2, 0.25) is 0 Å². The minimum Gasteiger partial charge on any atom is -0.310 e. The molecule has 1 saturated heterocycles. The standard InChI is InChI=1S/C20H20N4O/c25-19-15-6-5-14(16-4-1-2-10-21-16)12-17(15)23-18-7-9-20(13-24(18)19)8-3-11-22-20/h1-2,4-6,10,12,22H,3,7-9,11,13H2. The highest BCUT2D eigenvalue weighted by molar-refractivity contribution is 5.83. The van der Waals surface area contributed by atoms with Gasteiger partial charge in [0, 0.05) is 30.3 Å². The van der Waals surface area contributed by atoms with E-state index >= 15 is 0 Å². The summed E-state index contributed by atoms with van der Waals surface area (Å²) in [5.41, 5.74) is 2.85. The first-order valence-electron chi connectivity index (χ1n) is 8.94. The zero-order valence-corrected chi connectivity index (χ0v) is 14.0. The zero-order chi connectivity index (χ0) is 16.9. The van der Waals surface area contributed by atoms with Crippen molar-refractivity contribution >= 4 is 10.9 Å². The average Bonchev–Trinajstić information content (AvgIpc) is 3.11. The Morgan fingerprint density at radius 2 is 2.12 bits per heavy atom. The Balaban J connectivity index is 1.63. The number of rotatable bonds is 1. The molecule has 3 aromatic rings. The number of hydrogen-bond acceptors (Lipinski definition) is 4. The lowest BCUT2D eigenvalue weighted by molar-refractivity contribution is 0.260. The number of nitrogens with zero attached hydrogens (tertiary/aromatic N) is 3. The molecule has 1 atom stereocenters. The van der Waals surface area contributed by atoms with Gasteiger partial charge >= 0.3 is 0 Å². The van der Waals surface area contributed by atoms with Crippen molar-refractivity contribution in [3.8, 4) is 11.3 Å². The predicted molar refractivity (Wildman–Crippen MR) is 97.5 cm³/mol. The van der Waals surface area contributed by atoms with Gasteiger partial charge in [-0.1, -0.05) is 12.1 Å². The lowest BCUT2D eigenvalue weighted by atomic mass is 9.88. The third-order valence-corrected chi connectivity index (χ3v) is 5.62. The maximum atomic E-state index is 13.0. The molecule has 1 unspecified atom stereocenters. The normalized spacial score (nSPS) is 22.4. The maximum absolute atomic E-state index is 13.0. The Morgan fingerprint density at radius 3 is 2.92 bits per heavy atom. The van der Waals surface area contributed by atoms with E-state index in [9.17, 15) is 4.79 Å². The summed E-state index contributed by atoms with van der Waals surface area (Å²) in [7, 11) is 0. The Bertz CT molecular complexity index is 1000. The molecule has 5 heteroatoms. The van der Waals surface area contributed by atoms with Crippen LogP contribution in [0.5, 0.6) is 0 Å². The summed E-state index contributed by atoms with van der Waals surface area (Å²) in [4.78, 5) is 22.3. The molecule has 1 fully saturated rings. The molecule has 0 radical (unpaired) electrons. The van der Waals surface area contributed by atoms with E-state index in [2.05, 4.69) is 10.3 Å². The van der Waals surface area contributed by atoms with Crippen LogP contribution in [0.1, 0.15) is 25.1 Å². The van der Waals surface area contributed by atoms with Crippen LogP contribution in [0.15, 0.2) is 47.4 Å². The first-order chi connectivity index (χ1) is 12.2. The number of pyridine rings is 1. The van der Waals surface area contributed by atoms with Gasteiger partial charge in [-0.15, -0.1) is 0 Å². The summed E-state index contributed by atoms with van der Waals surface area (Å²) >= 11 is 0. The molecule has 5 nitrogen and oxygen atoms in total. The fraction of sp³-hybridized carbons (Fsp3) is 0.350. The molecule has 2 aliphatic heterocycles. The molecular weight excluding hydrogens is 312 g/mol. The van der Waals surface area contributed by atoms with Crippen molar-refractivity contribution in [2.24, 2.45) is 0 Å². The van der Waals surface area contributed by atoms with Crippen molar-refractivity contribution in [3.05, 3.63) is 58.8 Å². The van der Waals surface area contributed by atoms with Crippen molar-refractivity contribution < 1.29 is 0 Å². The van der Waals surface area contributed by atoms with Crippen LogP contribution in [0.3, 0.4) is 0 Å². The second-order valence-electron chi connectivity index (χ2n) is 7.18. The number of nitrogens with one attached hydrogen (secondary N) is 1. The number of fused-ring (bicyclic) bond motifs is 2. The SMILES string of the molecule is O=c1c2ccc(-c3ccccn3)cc2nc2n1CC1(CCCN1)CC2. The maximum Gasteiger partial charge on any atom is 0.261 e. The van der Waals surface area contributed by atoms with E-state index in [1.165, 1.54) is 6.42 Å². The topological polar surface area (TPSA) is 59.8 Å². The largest absolute Gasteiger partial charge is 0.310 e. The average molecular weight is 332 g/mol. The molecule has 1 spiro atoms. The van der Waals surface area contributed by atoms with Gasteiger partial charge in [-0.3, -0.25) is 14.3 Å². The van der Waals surface area contributed by atoms with Gasteiger partial charge in [0.25, 0.3) is 5.56 Å². The molecule has 5 rings (SSSR count). The second kappa shape index (κ2) is 5.49. The lowest BCUT2D eigenvalue weighted by Crippen LogP contribution is -2.50. The van der Waals surface area contributed by atoms with Gasteiger partial charge in [-0.25, -0.2) is 4.98 Å². The van der Waals surface area contributed by atoms with Crippen molar-refractivity contribution in [1.29, 1.82) is 0 Å². The van der Waals surface area contributed by atoms with Crippen LogP contribution in [0.4, 0.5) is 0 Å². The van der Waals surface area contributed by atoms with Crippen molar-refractivity contribution in [3.63, 3.8) is 0 Å². The van der Waals surface area contributed by atoms with E-state index in [-0.39, 0.29) is 11.1 Å². The van der Waals surface area contributed by atoms with Crippen LogP contribution in [0.2, 0.25) is 0 Å². The van der Waals surface area contributed by atoms with Crippen LogP contribution in [-0.4, -0.2) is 26.6 Å². The van der Waals surface area contributed by atoms with Gasteiger partial charge in [-0.05, 0) is 50.1 Å². The van der Waals surface area contributed by atoms with Gasteiger partial charge < -0.3 is 5.32 Å². The smallest absolute Gasteiger partial charge is 0.261 e. The van der Waals surface area contributed by atoms with Crippen LogP contribution in [-0.2, 0) is 13.0 Å². The number of benzene rings is 1. The number of aromatic nitrogens is 3. The molecule has 0 saturated carbocycles. The fourth-order valence-electron chi connectivity index (χ4n) is 4.26. The third kappa shape index (κ3) is 2.38. The van der Waals surface area contributed by atoms with Crippen LogP contribution < -0.4 is 10.9 Å². The molecule has 126 valence electrons. The lowest BCUT2D eigenvalue weighted by Gasteiger charge is -2.35.